The van der Waals surface area contributed by atoms with Gasteiger partial charge in [0.2, 0.25) is 0 Å². The number of benzene rings is 2. The van der Waals surface area contributed by atoms with Crippen LogP contribution >= 0.6 is 23.8 Å². The molecule has 4 rings (SSSR count). The lowest BCUT2D eigenvalue weighted by molar-refractivity contribution is -0.216. The van der Waals surface area contributed by atoms with E-state index >= 15 is 8.78 Å². The molecule has 0 amide bonds. The molecule has 2 atom stereocenters. The average molecular weight is 471 g/mol. The molecule has 0 aromatic heterocycles. The van der Waals surface area contributed by atoms with Gasteiger partial charge < -0.3 is 20.1 Å². The van der Waals surface area contributed by atoms with E-state index < -0.39 is 22.9 Å². The zero-order chi connectivity index (χ0) is 22.6. The molecule has 9 heteroatoms. The van der Waals surface area contributed by atoms with Crippen molar-refractivity contribution in [1.82, 2.24) is 5.32 Å². The van der Waals surface area contributed by atoms with Crippen molar-refractivity contribution in [1.29, 1.82) is 0 Å². The van der Waals surface area contributed by atoms with Gasteiger partial charge in [0.05, 0.1) is 12.6 Å². The molecule has 1 fully saturated rings. The first-order chi connectivity index (χ1) is 14.4. The van der Waals surface area contributed by atoms with E-state index in [0.29, 0.717) is 23.1 Å². The normalized spacial score (nSPS) is 26.4. The van der Waals surface area contributed by atoms with Crippen LogP contribution in [0.4, 0.5) is 18.9 Å². The van der Waals surface area contributed by atoms with E-state index in [2.05, 4.69) is 10.6 Å². The Hall–Kier alpha value is -2.03. The largest absolute Gasteiger partial charge is 0.491 e. The van der Waals surface area contributed by atoms with E-state index in [9.17, 15) is 4.39 Å². The van der Waals surface area contributed by atoms with Gasteiger partial charge in [0.1, 0.15) is 34.3 Å². The number of nitrogens with one attached hydrogen (secondary N) is 2. The van der Waals surface area contributed by atoms with Crippen LogP contribution in [0.3, 0.4) is 0 Å². The highest BCUT2D eigenvalue weighted by Gasteiger charge is 2.64. The van der Waals surface area contributed by atoms with Crippen molar-refractivity contribution in [2.24, 2.45) is 0 Å². The number of halogens is 4. The highest BCUT2D eigenvalue weighted by molar-refractivity contribution is 7.80. The summed E-state index contributed by atoms with van der Waals surface area (Å²) in [5.74, 6) is -3.60. The first-order valence-electron chi connectivity index (χ1n) is 9.76. The third-order valence-electron chi connectivity index (χ3n) is 5.94. The summed E-state index contributed by atoms with van der Waals surface area (Å²) in [6.07, 6.45) is 0. The Morgan fingerprint density at radius 2 is 1.90 bits per heavy atom. The van der Waals surface area contributed by atoms with Crippen LogP contribution in [0.1, 0.15) is 37.9 Å². The van der Waals surface area contributed by atoms with E-state index in [-0.39, 0.29) is 23.2 Å². The third-order valence-corrected chi connectivity index (χ3v) is 6.40. The Kier molecular flexibility index (Phi) is 5.39. The summed E-state index contributed by atoms with van der Waals surface area (Å²) in [6.45, 7) is 3.95. The van der Waals surface area contributed by atoms with Crippen molar-refractivity contribution in [2.45, 2.75) is 43.9 Å². The fraction of sp³-hybridized carbons (Fsp3) is 0.409. The van der Waals surface area contributed by atoms with Crippen molar-refractivity contribution < 1.29 is 22.6 Å². The molecule has 2 aromatic rings. The molecule has 31 heavy (non-hydrogen) atoms. The second kappa shape index (κ2) is 7.53. The summed E-state index contributed by atoms with van der Waals surface area (Å²) >= 11 is 11.2. The Balaban J connectivity index is 1.72. The minimum absolute atomic E-state index is 0.0838. The van der Waals surface area contributed by atoms with E-state index in [0.717, 1.165) is 5.56 Å². The zero-order valence-corrected chi connectivity index (χ0v) is 18.8. The number of ether oxygens (including phenoxy) is 2. The van der Waals surface area contributed by atoms with Crippen molar-refractivity contribution in [3.63, 3.8) is 0 Å². The fourth-order valence-corrected chi connectivity index (χ4v) is 4.50. The number of hydrogen-bond acceptors (Lipinski definition) is 4. The Labute approximate surface area is 189 Å². The highest BCUT2D eigenvalue weighted by Crippen LogP contribution is 2.48. The summed E-state index contributed by atoms with van der Waals surface area (Å²) < 4.78 is 57.2. The summed E-state index contributed by atoms with van der Waals surface area (Å²) in [7, 11) is 0. The first kappa shape index (κ1) is 22.2. The molecule has 2 aromatic carbocycles. The lowest BCUT2D eigenvalue weighted by Gasteiger charge is -2.44. The standard InChI is InChI=1S/C22H22ClF3N2O2S/c1-20(2)22(25,26)21(3,28-19(31)11-30-20)15-9-13(5-7-16(15)24)27-17-10-29-18-8-12(23)4-6-14(17)18/h4-9,17,27H,10-11H2,1-3H3,(H,28,31)/t17?,21-/m1/s1. The fourth-order valence-electron chi connectivity index (χ4n) is 4.07. The van der Waals surface area contributed by atoms with Crippen LogP contribution < -0.4 is 15.4 Å². The van der Waals surface area contributed by atoms with Crippen LogP contribution in [0.15, 0.2) is 36.4 Å². The Morgan fingerprint density at radius 1 is 1.16 bits per heavy atom. The van der Waals surface area contributed by atoms with Crippen molar-refractivity contribution in [3.05, 3.63) is 58.4 Å². The molecule has 2 aliphatic rings. The molecule has 2 aliphatic heterocycles. The highest BCUT2D eigenvalue weighted by atomic mass is 35.5. The molecule has 2 heterocycles. The summed E-state index contributed by atoms with van der Waals surface area (Å²) in [5.41, 5.74) is -2.85. The summed E-state index contributed by atoms with van der Waals surface area (Å²) in [6, 6.07) is 9.13. The Morgan fingerprint density at radius 3 is 2.65 bits per heavy atom. The minimum Gasteiger partial charge on any atom is -0.491 e. The van der Waals surface area contributed by atoms with Gasteiger partial charge in [-0.3, -0.25) is 0 Å². The molecule has 1 unspecified atom stereocenters. The van der Waals surface area contributed by atoms with E-state index in [1.807, 2.05) is 6.07 Å². The van der Waals surface area contributed by atoms with Gasteiger partial charge in [0.15, 0.2) is 0 Å². The molecule has 0 aliphatic carbocycles. The lowest BCUT2D eigenvalue weighted by atomic mass is 9.77. The number of hydrogen-bond donors (Lipinski definition) is 2. The average Bonchev–Trinajstić information content (AvgIpc) is 3.06. The maximum Gasteiger partial charge on any atom is 0.302 e. The molecule has 166 valence electrons. The first-order valence-corrected chi connectivity index (χ1v) is 10.5. The smallest absolute Gasteiger partial charge is 0.302 e. The predicted octanol–water partition coefficient (Wildman–Crippen LogP) is 5.60. The van der Waals surface area contributed by atoms with Gasteiger partial charge in [-0.05, 0) is 51.1 Å². The number of thiocarbonyl (C=S) groups is 1. The summed E-state index contributed by atoms with van der Waals surface area (Å²) in [5, 5.41) is 6.45. The number of fused-ring (bicyclic) bond motifs is 1. The van der Waals surface area contributed by atoms with E-state index in [4.69, 9.17) is 33.3 Å². The molecular weight excluding hydrogens is 449 g/mol. The summed E-state index contributed by atoms with van der Waals surface area (Å²) in [4.78, 5) is 0.0838. The van der Waals surface area contributed by atoms with Gasteiger partial charge in [0, 0.05) is 21.8 Å². The molecule has 0 spiro atoms. The van der Waals surface area contributed by atoms with Crippen molar-refractivity contribution >= 4 is 34.5 Å². The maximum atomic E-state index is 15.6. The molecule has 0 bridgehead atoms. The maximum absolute atomic E-state index is 15.6. The number of rotatable bonds is 3. The van der Waals surface area contributed by atoms with Crippen LogP contribution in [-0.4, -0.2) is 29.7 Å². The minimum atomic E-state index is -3.49. The van der Waals surface area contributed by atoms with E-state index in [1.165, 1.54) is 39.0 Å². The van der Waals surface area contributed by atoms with Crippen LogP contribution in [0.5, 0.6) is 5.75 Å². The SMILES string of the molecule is CC1(C)OCC(=S)N[C@](C)(c2cc(NC3COc4cc(Cl)ccc43)ccc2F)C1(F)F. The molecule has 0 saturated carbocycles. The van der Waals surface area contributed by atoms with Crippen LogP contribution in [-0.2, 0) is 10.3 Å². The topological polar surface area (TPSA) is 42.5 Å². The number of alkyl halides is 2. The predicted molar refractivity (Wildman–Crippen MR) is 118 cm³/mol. The lowest BCUT2D eigenvalue weighted by Crippen LogP contribution is -2.62. The monoisotopic (exact) mass is 470 g/mol. The number of anilines is 1. The second-order valence-electron chi connectivity index (χ2n) is 8.43. The molecule has 2 N–H and O–H groups in total. The zero-order valence-electron chi connectivity index (χ0n) is 17.2. The van der Waals surface area contributed by atoms with Gasteiger partial charge in [-0.25, -0.2) is 13.2 Å². The van der Waals surface area contributed by atoms with Gasteiger partial charge >= 0.3 is 5.92 Å². The quantitative estimate of drug-likeness (QED) is 0.571. The molecular formula is C22H22ClF3N2O2S. The Bertz CT molecular complexity index is 1050. The van der Waals surface area contributed by atoms with Crippen LogP contribution in [0, 0.1) is 5.82 Å². The third kappa shape index (κ3) is 3.64. The van der Waals surface area contributed by atoms with Gasteiger partial charge in [-0.2, -0.15) is 0 Å². The molecule has 1 saturated heterocycles. The molecule has 0 radical (unpaired) electrons. The molecule has 4 nitrogen and oxygen atoms in total. The van der Waals surface area contributed by atoms with E-state index in [1.54, 1.807) is 12.1 Å². The van der Waals surface area contributed by atoms with Crippen LogP contribution in [0.2, 0.25) is 5.02 Å². The second-order valence-corrected chi connectivity index (χ2v) is 9.36. The van der Waals surface area contributed by atoms with Crippen molar-refractivity contribution in [2.75, 3.05) is 18.5 Å². The van der Waals surface area contributed by atoms with Gasteiger partial charge in [-0.1, -0.05) is 29.9 Å². The van der Waals surface area contributed by atoms with Gasteiger partial charge in [-0.15, -0.1) is 0 Å². The van der Waals surface area contributed by atoms with Gasteiger partial charge in [0.25, 0.3) is 0 Å². The van der Waals surface area contributed by atoms with Crippen molar-refractivity contribution in [3.8, 4) is 5.75 Å². The van der Waals surface area contributed by atoms with Crippen LogP contribution in [0.25, 0.3) is 0 Å².